The Morgan fingerprint density at radius 1 is 0.864 bits per heavy atom. The summed E-state index contributed by atoms with van der Waals surface area (Å²) in [5.41, 5.74) is 2.20. The summed E-state index contributed by atoms with van der Waals surface area (Å²) in [4.78, 5) is 10.8. The first-order chi connectivity index (χ1) is 10.7. The molecule has 0 fully saturated rings. The van der Waals surface area contributed by atoms with Crippen molar-refractivity contribution >= 4 is 31.6 Å². The predicted molar refractivity (Wildman–Crippen MR) is 94.4 cm³/mol. The first kappa shape index (κ1) is 13.4. The van der Waals surface area contributed by atoms with E-state index in [2.05, 4.69) is 62.4 Å². The molecule has 0 N–H and O–H groups in total. The van der Waals surface area contributed by atoms with Crippen LogP contribution in [-0.2, 0) is 0 Å². The van der Waals surface area contributed by atoms with Gasteiger partial charge in [0.05, 0.1) is 5.69 Å². The lowest BCUT2D eigenvalue weighted by molar-refractivity contribution is 0.786. The van der Waals surface area contributed by atoms with Gasteiger partial charge in [0, 0.05) is 27.0 Å². The van der Waals surface area contributed by atoms with E-state index in [1.807, 2.05) is 6.07 Å². The zero-order valence-electron chi connectivity index (χ0n) is 12.6. The fourth-order valence-corrected chi connectivity index (χ4v) is 3.79. The standard InChI is InChI=1S/C19H16N2S/c1-12(2)18-20-17(13-8-4-3-5-9-13)16-14-10-6-7-11-15(14)22-19(16)21-18/h3-12H,1-2H3. The van der Waals surface area contributed by atoms with E-state index in [0.29, 0.717) is 5.92 Å². The molecular formula is C19H16N2S. The molecule has 108 valence electrons. The van der Waals surface area contributed by atoms with Crippen molar-refractivity contribution in [2.75, 3.05) is 0 Å². The molecule has 0 aliphatic rings. The maximum absolute atomic E-state index is 4.89. The molecule has 0 bridgehead atoms. The van der Waals surface area contributed by atoms with Gasteiger partial charge in [0.15, 0.2) is 0 Å². The zero-order chi connectivity index (χ0) is 15.1. The Labute approximate surface area is 133 Å². The average Bonchev–Trinajstić information content (AvgIpc) is 2.93. The molecular weight excluding hydrogens is 288 g/mol. The van der Waals surface area contributed by atoms with Gasteiger partial charge in [-0.2, -0.15) is 0 Å². The van der Waals surface area contributed by atoms with Crippen LogP contribution in [0.2, 0.25) is 0 Å². The summed E-state index contributed by atoms with van der Waals surface area (Å²) >= 11 is 1.75. The van der Waals surface area contributed by atoms with Gasteiger partial charge in [-0.15, -0.1) is 11.3 Å². The van der Waals surface area contributed by atoms with Crippen molar-refractivity contribution in [2.24, 2.45) is 0 Å². The average molecular weight is 304 g/mol. The first-order valence-electron chi connectivity index (χ1n) is 7.48. The number of rotatable bonds is 2. The number of nitrogens with zero attached hydrogens (tertiary/aromatic N) is 2. The number of thiophene rings is 1. The van der Waals surface area contributed by atoms with Gasteiger partial charge in [-0.1, -0.05) is 62.4 Å². The zero-order valence-corrected chi connectivity index (χ0v) is 13.4. The van der Waals surface area contributed by atoms with Crippen LogP contribution in [0.1, 0.15) is 25.6 Å². The summed E-state index contributed by atoms with van der Waals surface area (Å²) in [6.07, 6.45) is 0. The molecule has 0 saturated carbocycles. The highest BCUT2D eigenvalue weighted by Gasteiger charge is 2.16. The molecule has 0 aliphatic carbocycles. The summed E-state index contributed by atoms with van der Waals surface area (Å²) < 4.78 is 1.27. The Kier molecular flexibility index (Phi) is 3.16. The minimum absolute atomic E-state index is 0.317. The quantitative estimate of drug-likeness (QED) is 0.479. The van der Waals surface area contributed by atoms with Gasteiger partial charge >= 0.3 is 0 Å². The van der Waals surface area contributed by atoms with E-state index in [0.717, 1.165) is 21.9 Å². The van der Waals surface area contributed by atoms with Gasteiger partial charge in [0.25, 0.3) is 0 Å². The highest BCUT2D eigenvalue weighted by Crippen LogP contribution is 2.38. The van der Waals surface area contributed by atoms with Gasteiger partial charge < -0.3 is 0 Å². The Morgan fingerprint density at radius 2 is 1.59 bits per heavy atom. The number of fused-ring (bicyclic) bond motifs is 3. The predicted octanol–water partition coefficient (Wildman–Crippen LogP) is 5.63. The largest absolute Gasteiger partial charge is 0.232 e. The molecule has 0 atom stereocenters. The maximum Gasteiger partial charge on any atom is 0.133 e. The number of benzene rings is 2. The van der Waals surface area contributed by atoms with Gasteiger partial charge in [0.1, 0.15) is 10.7 Å². The van der Waals surface area contributed by atoms with Crippen molar-refractivity contribution in [3.63, 3.8) is 0 Å². The fraction of sp³-hybridized carbons (Fsp3) is 0.158. The molecule has 22 heavy (non-hydrogen) atoms. The minimum Gasteiger partial charge on any atom is -0.232 e. The Hall–Kier alpha value is -2.26. The van der Waals surface area contributed by atoms with Gasteiger partial charge in [-0.05, 0) is 6.07 Å². The SMILES string of the molecule is CC(C)c1nc(-c2ccccc2)c2c(n1)sc1ccccc12. The molecule has 2 aromatic carbocycles. The van der Waals surface area contributed by atoms with E-state index in [9.17, 15) is 0 Å². The molecule has 0 amide bonds. The lowest BCUT2D eigenvalue weighted by Crippen LogP contribution is -1.99. The molecule has 2 aromatic heterocycles. The van der Waals surface area contributed by atoms with Crippen molar-refractivity contribution < 1.29 is 0 Å². The van der Waals surface area contributed by atoms with Crippen LogP contribution in [0.5, 0.6) is 0 Å². The third-order valence-electron chi connectivity index (χ3n) is 3.82. The highest BCUT2D eigenvalue weighted by atomic mass is 32.1. The molecule has 3 heteroatoms. The van der Waals surface area contributed by atoms with Gasteiger partial charge in [-0.25, -0.2) is 9.97 Å². The summed E-state index contributed by atoms with van der Waals surface area (Å²) in [6, 6.07) is 18.9. The Balaban J connectivity index is 2.15. The molecule has 0 unspecified atom stereocenters. The van der Waals surface area contributed by atoms with Crippen LogP contribution in [0.4, 0.5) is 0 Å². The van der Waals surface area contributed by atoms with Crippen molar-refractivity contribution in [1.82, 2.24) is 9.97 Å². The van der Waals surface area contributed by atoms with E-state index in [-0.39, 0.29) is 0 Å². The van der Waals surface area contributed by atoms with E-state index in [4.69, 9.17) is 9.97 Å². The molecule has 4 rings (SSSR count). The first-order valence-corrected chi connectivity index (χ1v) is 8.30. The van der Waals surface area contributed by atoms with Gasteiger partial charge in [-0.3, -0.25) is 0 Å². The van der Waals surface area contributed by atoms with Crippen LogP contribution in [-0.4, -0.2) is 9.97 Å². The second-order valence-corrected chi connectivity index (χ2v) is 6.76. The summed E-state index contributed by atoms with van der Waals surface area (Å²) in [6.45, 7) is 4.28. The molecule has 0 aliphatic heterocycles. The summed E-state index contributed by atoms with van der Waals surface area (Å²) in [7, 11) is 0. The summed E-state index contributed by atoms with van der Waals surface area (Å²) in [5, 5.41) is 2.42. The lowest BCUT2D eigenvalue weighted by Gasteiger charge is -2.09. The molecule has 0 saturated heterocycles. The Bertz CT molecular complexity index is 955. The van der Waals surface area contributed by atoms with Crippen LogP contribution in [0.3, 0.4) is 0 Å². The van der Waals surface area contributed by atoms with E-state index in [1.165, 1.54) is 15.5 Å². The number of hydrogen-bond donors (Lipinski definition) is 0. The second kappa shape index (κ2) is 5.18. The van der Waals surface area contributed by atoms with Crippen LogP contribution in [0.25, 0.3) is 31.6 Å². The van der Waals surface area contributed by atoms with Gasteiger partial charge in [0.2, 0.25) is 0 Å². The fourth-order valence-electron chi connectivity index (χ4n) is 2.70. The highest BCUT2D eigenvalue weighted by molar-refractivity contribution is 7.25. The third-order valence-corrected chi connectivity index (χ3v) is 4.88. The normalized spacial score (nSPS) is 11.6. The van der Waals surface area contributed by atoms with Crippen LogP contribution < -0.4 is 0 Å². The maximum atomic E-state index is 4.89. The molecule has 0 spiro atoms. The van der Waals surface area contributed by atoms with Crippen molar-refractivity contribution in [1.29, 1.82) is 0 Å². The van der Waals surface area contributed by atoms with E-state index >= 15 is 0 Å². The van der Waals surface area contributed by atoms with Crippen molar-refractivity contribution in [2.45, 2.75) is 19.8 Å². The van der Waals surface area contributed by atoms with Crippen molar-refractivity contribution in [3.05, 3.63) is 60.4 Å². The van der Waals surface area contributed by atoms with E-state index in [1.54, 1.807) is 11.3 Å². The number of hydrogen-bond acceptors (Lipinski definition) is 3. The molecule has 2 nitrogen and oxygen atoms in total. The second-order valence-electron chi connectivity index (χ2n) is 5.73. The topological polar surface area (TPSA) is 25.8 Å². The minimum atomic E-state index is 0.317. The Morgan fingerprint density at radius 3 is 2.36 bits per heavy atom. The molecule has 4 aromatic rings. The summed E-state index contributed by atoms with van der Waals surface area (Å²) in [5.74, 6) is 1.23. The molecule has 0 radical (unpaired) electrons. The third kappa shape index (κ3) is 2.09. The van der Waals surface area contributed by atoms with Crippen LogP contribution in [0, 0.1) is 0 Å². The van der Waals surface area contributed by atoms with Crippen molar-refractivity contribution in [3.8, 4) is 11.3 Å². The monoisotopic (exact) mass is 304 g/mol. The molecule has 2 heterocycles. The van der Waals surface area contributed by atoms with Crippen LogP contribution in [0.15, 0.2) is 54.6 Å². The number of aromatic nitrogens is 2. The smallest absolute Gasteiger partial charge is 0.133 e. The lowest BCUT2D eigenvalue weighted by atomic mass is 10.1. The van der Waals surface area contributed by atoms with E-state index < -0.39 is 0 Å². The van der Waals surface area contributed by atoms with Crippen LogP contribution >= 0.6 is 11.3 Å².